The van der Waals surface area contributed by atoms with E-state index >= 15 is 0 Å². The summed E-state index contributed by atoms with van der Waals surface area (Å²) in [6.45, 7) is 5.95. The molecule has 106 valence electrons. The van der Waals surface area contributed by atoms with E-state index in [1.54, 1.807) is 17.7 Å². The molecule has 2 aromatic rings. The third kappa shape index (κ3) is 2.88. The van der Waals surface area contributed by atoms with E-state index in [4.69, 9.17) is 5.73 Å². The first-order valence-electron chi connectivity index (χ1n) is 6.52. The monoisotopic (exact) mass is 273 g/mol. The zero-order valence-electron chi connectivity index (χ0n) is 11.9. The minimum Gasteiger partial charge on any atom is -0.391 e. The highest BCUT2D eigenvalue weighted by Gasteiger charge is 2.11. The number of hydrogen-bond acceptors (Lipinski definition) is 3. The predicted octanol–water partition coefficient (Wildman–Crippen LogP) is 1.65. The Morgan fingerprint density at radius 3 is 2.70 bits per heavy atom. The molecule has 0 unspecified atom stereocenters. The van der Waals surface area contributed by atoms with Crippen molar-refractivity contribution >= 4 is 5.91 Å². The van der Waals surface area contributed by atoms with Gasteiger partial charge in [0.25, 0.3) is 0 Å². The number of carbonyl (C=O) groups excluding carboxylic acids is 1. The quantitative estimate of drug-likeness (QED) is 0.888. The fourth-order valence-corrected chi connectivity index (χ4v) is 2.13. The van der Waals surface area contributed by atoms with Crippen molar-refractivity contribution in [3.8, 4) is 11.3 Å². The Morgan fingerprint density at radius 1 is 1.40 bits per heavy atom. The fourth-order valence-electron chi connectivity index (χ4n) is 2.13. The molecule has 2 rings (SSSR count). The Labute approximate surface area is 118 Å². The second-order valence-corrected chi connectivity index (χ2v) is 5.10. The molecule has 0 saturated carbocycles. The molecule has 0 fully saturated rings. The van der Waals surface area contributed by atoms with Gasteiger partial charge < -0.3 is 10.8 Å². The molecule has 3 N–H and O–H groups in total. The summed E-state index contributed by atoms with van der Waals surface area (Å²) in [6, 6.07) is 7.46. The minimum atomic E-state index is -0.458. The standard InChI is InChI=1S/C15H19N3O2/c1-9-4-5-12(7-13(9)15(16)20)14-6-10(2)18(17-14)8-11(3)19/h4-7,11,19H,8H2,1-3H3,(H2,16,20)/t11-/m0/s1. The Morgan fingerprint density at radius 2 is 2.10 bits per heavy atom. The van der Waals surface area contributed by atoms with E-state index in [2.05, 4.69) is 5.10 Å². The summed E-state index contributed by atoms with van der Waals surface area (Å²) in [7, 11) is 0. The molecule has 0 bridgehead atoms. The Kier molecular flexibility index (Phi) is 3.90. The van der Waals surface area contributed by atoms with Gasteiger partial charge in [0.2, 0.25) is 5.91 Å². The van der Waals surface area contributed by atoms with Gasteiger partial charge in [0.15, 0.2) is 0 Å². The van der Waals surface area contributed by atoms with E-state index in [-0.39, 0.29) is 0 Å². The molecule has 0 saturated heterocycles. The third-order valence-corrected chi connectivity index (χ3v) is 3.22. The molecule has 5 nitrogen and oxygen atoms in total. The van der Waals surface area contributed by atoms with E-state index in [9.17, 15) is 9.90 Å². The van der Waals surface area contributed by atoms with Gasteiger partial charge in [-0.2, -0.15) is 5.10 Å². The van der Waals surface area contributed by atoms with Crippen molar-refractivity contribution in [1.29, 1.82) is 0 Å². The van der Waals surface area contributed by atoms with Crippen molar-refractivity contribution in [1.82, 2.24) is 9.78 Å². The number of hydrogen-bond donors (Lipinski definition) is 2. The van der Waals surface area contributed by atoms with Gasteiger partial charge in [-0.15, -0.1) is 0 Å². The van der Waals surface area contributed by atoms with Crippen LogP contribution >= 0.6 is 0 Å². The maximum absolute atomic E-state index is 11.4. The van der Waals surface area contributed by atoms with Crippen molar-refractivity contribution in [2.24, 2.45) is 5.73 Å². The summed E-state index contributed by atoms with van der Waals surface area (Å²) in [5.41, 5.74) is 9.29. The maximum atomic E-state index is 11.4. The summed E-state index contributed by atoms with van der Waals surface area (Å²) < 4.78 is 1.75. The summed E-state index contributed by atoms with van der Waals surface area (Å²) in [4.78, 5) is 11.4. The lowest BCUT2D eigenvalue weighted by Crippen LogP contribution is -2.14. The van der Waals surface area contributed by atoms with Gasteiger partial charge in [-0.3, -0.25) is 9.48 Å². The number of nitrogens with two attached hydrogens (primary N) is 1. The number of carbonyl (C=O) groups is 1. The average Bonchev–Trinajstić information content (AvgIpc) is 2.70. The first-order chi connectivity index (χ1) is 9.38. The zero-order valence-corrected chi connectivity index (χ0v) is 11.9. The second kappa shape index (κ2) is 5.46. The Bertz CT molecular complexity index is 645. The van der Waals surface area contributed by atoms with Gasteiger partial charge in [-0.25, -0.2) is 0 Å². The first kappa shape index (κ1) is 14.3. The maximum Gasteiger partial charge on any atom is 0.248 e. The smallest absolute Gasteiger partial charge is 0.248 e. The normalized spacial score (nSPS) is 12.4. The van der Waals surface area contributed by atoms with Gasteiger partial charge in [0.1, 0.15) is 0 Å². The van der Waals surface area contributed by atoms with Gasteiger partial charge in [0.05, 0.1) is 18.3 Å². The Balaban J connectivity index is 2.42. The molecule has 1 amide bonds. The molecular weight excluding hydrogens is 254 g/mol. The lowest BCUT2D eigenvalue weighted by atomic mass is 10.0. The van der Waals surface area contributed by atoms with Crippen molar-refractivity contribution in [2.45, 2.75) is 33.4 Å². The molecule has 0 spiro atoms. The molecule has 1 aromatic heterocycles. The molecule has 1 atom stereocenters. The van der Waals surface area contributed by atoms with Crippen molar-refractivity contribution in [3.05, 3.63) is 41.1 Å². The van der Waals surface area contributed by atoms with Crippen LogP contribution in [0.2, 0.25) is 0 Å². The minimum absolute atomic E-state index is 0.440. The van der Waals surface area contributed by atoms with E-state index in [1.165, 1.54) is 0 Å². The highest BCUT2D eigenvalue weighted by Crippen LogP contribution is 2.22. The fraction of sp³-hybridized carbons (Fsp3) is 0.333. The van der Waals surface area contributed by atoms with Gasteiger partial charge in [-0.05, 0) is 38.5 Å². The number of primary amides is 1. The number of nitrogens with zero attached hydrogens (tertiary/aromatic N) is 2. The van der Waals surface area contributed by atoms with E-state index in [1.807, 2.05) is 32.0 Å². The first-order valence-corrected chi connectivity index (χ1v) is 6.52. The second-order valence-electron chi connectivity index (χ2n) is 5.10. The molecule has 1 heterocycles. The van der Waals surface area contributed by atoms with Crippen LogP contribution in [0.15, 0.2) is 24.3 Å². The molecule has 0 aliphatic carbocycles. The number of aliphatic hydroxyl groups is 1. The lowest BCUT2D eigenvalue weighted by Gasteiger charge is -2.06. The van der Waals surface area contributed by atoms with E-state index < -0.39 is 12.0 Å². The number of aliphatic hydroxyl groups excluding tert-OH is 1. The summed E-state index contributed by atoms with van der Waals surface area (Å²) in [6.07, 6.45) is -0.458. The van der Waals surface area contributed by atoms with E-state index in [0.717, 1.165) is 22.5 Å². The number of rotatable bonds is 4. The molecule has 5 heteroatoms. The predicted molar refractivity (Wildman–Crippen MR) is 77.3 cm³/mol. The number of aryl methyl sites for hydroxylation is 2. The molecular formula is C15H19N3O2. The van der Waals surface area contributed by atoms with Crippen LogP contribution in [0.1, 0.15) is 28.5 Å². The zero-order chi connectivity index (χ0) is 14.9. The largest absolute Gasteiger partial charge is 0.391 e. The Hall–Kier alpha value is -2.14. The van der Waals surface area contributed by atoms with Crippen molar-refractivity contribution < 1.29 is 9.90 Å². The van der Waals surface area contributed by atoms with Crippen LogP contribution in [-0.2, 0) is 6.54 Å². The summed E-state index contributed by atoms with van der Waals surface area (Å²) in [5, 5.41) is 13.9. The summed E-state index contributed by atoms with van der Waals surface area (Å²) in [5.74, 6) is -0.440. The topological polar surface area (TPSA) is 81.1 Å². The van der Waals surface area contributed by atoms with Crippen LogP contribution in [-0.4, -0.2) is 26.9 Å². The van der Waals surface area contributed by atoms with Gasteiger partial charge in [-0.1, -0.05) is 12.1 Å². The number of benzene rings is 1. The molecule has 0 radical (unpaired) electrons. The van der Waals surface area contributed by atoms with Gasteiger partial charge in [0, 0.05) is 16.8 Å². The van der Waals surface area contributed by atoms with Crippen LogP contribution in [0.5, 0.6) is 0 Å². The highest BCUT2D eigenvalue weighted by molar-refractivity contribution is 5.95. The van der Waals surface area contributed by atoms with Crippen LogP contribution in [0.4, 0.5) is 0 Å². The van der Waals surface area contributed by atoms with Crippen molar-refractivity contribution in [3.63, 3.8) is 0 Å². The third-order valence-electron chi connectivity index (χ3n) is 3.22. The highest BCUT2D eigenvalue weighted by atomic mass is 16.3. The molecule has 1 aromatic carbocycles. The average molecular weight is 273 g/mol. The number of aromatic nitrogens is 2. The van der Waals surface area contributed by atoms with Crippen LogP contribution in [0.25, 0.3) is 11.3 Å². The van der Waals surface area contributed by atoms with Crippen molar-refractivity contribution in [2.75, 3.05) is 0 Å². The van der Waals surface area contributed by atoms with Crippen LogP contribution in [0.3, 0.4) is 0 Å². The molecule has 20 heavy (non-hydrogen) atoms. The van der Waals surface area contributed by atoms with Gasteiger partial charge >= 0.3 is 0 Å². The molecule has 0 aliphatic heterocycles. The summed E-state index contributed by atoms with van der Waals surface area (Å²) >= 11 is 0. The van der Waals surface area contributed by atoms with Crippen LogP contribution in [0, 0.1) is 13.8 Å². The molecule has 0 aliphatic rings. The van der Waals surface area contributed by atoms with E-state index in [0.29, 0.717) is 12.1 Å². The number of amides is 1. The lowest BCUT2D eigenvalue weighted by molar-refractivity contribution is 0.0999. The van der Waals surface area contributed by atoms with Crippen LogP contribution < -0.4 is 5.73 Å². The SMILES string of the molecule is Cc1ccc(-c2cc(C)n(C[C@H](C)O)n2)cc1C(N)=O.